The largest absolute Gasteiger partial charge is 0.465 e. The van der Waals surface area contributed by atoms with Crippen molar-refractivity contribution in [3.05, 3.63) is 36.0 Å². The Bertz CT molecular complexity index is 873. The fourth-order valence-corrected chi connectivity index (χ4v) is 4.03. The van der Waals surface area contributed by atoms with E-state index in [0.717, 1.165) is 5.57 Å². The number of carbonyl (C=O) groups is 3. The van der Waals surface area contributed by atoms with E-state index in [2.05, 4.69) is 0 Å². The van der Waals surface area contributed by atoms with Gasteiger partial charge in [0.25, 0.3) is 0 Å². The van der Waals surface area contributed by atoms with Gasteiger partial charge >= 0.3 is 17.9 Å². The molecule has 1 aliphatic heterocycles. The van der Waals surface area contributed by atoms with E-state index in [9.17, 15) is 29.7 Å². The summed E-state index contributed by atoms with van der Waals surface area (Å²) in [5.41, 5.74) is -0.695. The van der Waals surface area contributed by atoms with Crippen LogP contribution in [0.25, 0.3) is 0 Å². The number of aliphatic hydroxyl groups is 3. The molecule has 3 N–H and O–H groups in total. The molecule has 0 spiro atoms. The number of ether oxygens (including phenoxy) is 3. The van der Waals surface area contributed by atoms with Gasteiger partial charge in [0.15, 0.2) is 0 Å². The summed E-state index contributed by atoms with van der Waals surface area (Å²) in [6, 6.07) is 0. The molecular formula is C29H46O9. The van der Waals surface area contributed by atoms with Crippen LogP contribution in [0.15, 0.2) is 36.0 Å². The lowest BCUT2D eigenvalue weighted by atomic mass is 9.88. The predicted octanol–water partition coefficient (Wildman–Crippen LogP) is 3.41. The van der Waals surface area contributed by atoms with Crippen molar-refractivity contribution in [3.8, 4) is 0 Å². The molecule has 0 unspecified atom stereocenters. The van der Waals surface area contributed by atoms with Crippen LogP contribution >= 0.6 is 0 Å². The van der Waals surface area contributed by atoms with Gasteiger partial charge in [-0.1, -0.05) is 45.1 Å². The summed E-state index contributed by atoms with van der Waals surface area (Å²) < 4.78 is 16.4. The summed E-state index contributed by atoms with van der Waals surface area (Å²) in [6.07, 6.45) is 5.93. The molecule has 38 heavy (non-hydrogen) atoms. The first-order valence-electron chi connectivity index (χ1n) is 13.3. The van der Waals surface area contributed by atoms with E-state index in [4.69, 9.17) is 14.2 Å². The number of hydrogen-bond donors (Lipinski definition) is 3. The van der Waals surface area contributed by atoms with Gasteiger partial charge in [0.2, 0.25) is 0 Å². The first-order chi connectivity index (χ1) is 17.7. The maximum absolute atomic E-state index is 12.5. The second-order valence-electron chi connectivity index (χ2n) is 10.6. The zero-order valence-electron chi connectivity index (χ0n) is 23.8. The Kier molecular flexibility index (Phi) is 14.0. The van der Waals surface area contributed by atoms with Crippen molar-refractivity contribution in [1.82, 2.24) is 0 Å². The Hall–Kier alpha value is -2.49. The molecule has 0 aromatic carbocycles. The summed E-state index contributed by atoms with van der Waals surface area (Å²) in [6.45, 7) is 11.9. The van der Waals surface area contributed by atoms with Crippen molar-refractivity contribution in [2.75, 3.05) is 6.61 Å². The third-order valence-corrected chi connectivity index (χ3v) is 6.72. The van der Waals surface area contributed by atoms with E-state index in [-0.39, 0.29) is 37.7 Å². The van der Waals surface area contributed by atoms with Crippen molar-refractivity contribution < 1.29 is 43.9 Å². The van der Waals surface area contributed by atoms with E-state index >= 15 is 0 Å². The second kappa shape index (κ2) is 15.8. The number of esters is 3. The van der Waals surface area contributed by atoms with Gasteiger partial charge in [-0.05, 0) is 51.7 Å². The van der Waals surface area contributed by atoms with Crippen LogP contribution in [-0.4, -0.2) is 69.9 Å². The zero-order chi connectivity index (χ0) is 29.0. The smallest absolute Gasteiger partial charge is 0.311 e. The topological polar surface area (TPSA) is 140 Å². The van der Waals surface area contributed by atoms with E-state index in [1.165, 1.54) is 13.8 Å². The van der Waals surface area contributed by atoms with E-state index in [1.54, 1.807) is 38.2 Å². The van der Waals surface area contributed by atoms with Crippen LogP contribution < -0.4 is 0 Å². The molecule has 0 aliphatic carbocycles. The monoisotopic (exact) mass is 538 g/mol. The van der Waals surface area contributed by atoms with Gasteiger partial charge in [-0.3, -0.25) is 14.4 Å². The van der Waals surface area contributed by atoms with Gasteiger partial charge in [-0.15, -0.1) is 0 Å². The molecule has 0 radical (unpaired) electrons. The van der Waals surface area contributed by atoms with Crippen molar-refractivity contribution in [2.45, 2.75) is 104 Å². The normalized spacial score (nSPS) is 30.8. The number of hydrogen-bond acceptors (Lipinski definition) is 9. The Balaban J connectivity index is 3.03. The molecule has 0 fully saturated rings. The Morgan fingerprint density at radius 1 is 1.26 bits per heavy atom. The zero-order valence-corrected chi connectivity index (χ0v) is 23.8. The molecule has 0 aromatic rings. The fraction of sp³-hybridized carbons (Fsp3) is 0.690. The summed E-state index contributed by atoms with van der Waals surface area (Å²) in [7, 11) is 0. The van der Waals surface area contributed by atoms with Crippen LogP contribution in [0.2, 0.25) is 0 Å². The van der Waals surface area contributed by atoms with Crippen molar-refractivity contribution in [2.24, 2.45) is 17.8 Å². The molecule has 8 atom stereocenters. The highest BCUT2D eigenvalue weighted by atomic mass is 16.6. The third-order valence-electron chi connectivity index (χ3n) is 6.72. The molecule has 0 bridgehead atoms. The van der Waals surface area contributed by atoms with E-state index in [0.29, 0.717) is 6.42 Å². The standard InChI is InChI=1S/C29H46O9/c1-8-24(32)21(5)28(34)36-17-18(2)10-9-11-19(3)27-20(4)12-13-25(37-22(6)30)29(7,35)15-14-23(31)16-26(33)38-27/h9-13,18,20-21,23-25,27,31-32,35H,8,14-17H2,1-7H3/b10-9+,13-12+,19-11+/t18-,20+,21-,23-,24+,25+,27-,29-/m1/s1. The first kappa shape index (κ1) is 33.5. The number of allylic oxidation sites excluding steroid dienone is 2. The minimum absolute atomic E-state index is 0.0907. The molecule has 0 amide bonds. The highest BCUT2D eigenvalue weighted by molar-refractivity contribution is 5.72. The van der Waals surface area contributed by atoms with Gasteiger partial charge in [0.1, 0.15) is 17.8 Å². The highest BCUT2D eigenvalue weighted by Crippen LogP contribution is 2.27. The molecule has 0 saturated carbocycles. The maximum atomic E-state index is 12.5. The number of aliphatic hydroxyl groups excluding tert-OH is 2. The summed E-state index contributed by atoms with van der Waals surface area (Å²) in [5.74, 6) is -2.56. The molecule has 1 rings (SSSR count). The van der Waals surface area contributed by atoms with Crippen LogP contribution in [0.3, 0.4) is 0 Å². The van der Waals surface area contributed by atoms with Crippen LogP contribution in [0.5, 0.6) is 0 Å². The molecule has 1 aliphatic rings. The summed E-state index contributed by atoms with van der Waals surface area (Å²) in [4.78, 5) is 36.2. The van der Waals surface area contributed by atoms with Gasteiger partial charge in [-0.2, -0.15) is 0 Å². The molecule has 216 valence electrons. The average Bonchev–Trinajstić information content (AvgIpc) is 2.84. The Morgan fingerprint density at radius 2 is 1.92 bits per heavy atom. The fourth-order valence-electron chi connectivity index (χ4n) is 4.03. The molecule has 1 heterocycles. The molecule has 0 aromatic heterocycles. The van der Waals surface area contributed by atoms with Crippen LogP contribution in [-0.2, 0) is 28.6 Å². The first-order valence-corrected chi connectivity index (χ1v) is 13.3. The Morgan fingerprint density at radius 3 is 2.53 bits per heavy atom. The summed E-state index contributed by atoms with van der Waals surface area (Å²) >= 11 is 0. The second-order valence-corrected chi connectivity index (χ2v) is 10.6. The molecule has 0 saturated heterocycles. The van der Waals surface area contributed by atoms with Gasteiger partial charge < -0.3 is 29.5 Å². The lowest BCUT2D eigenvalue weighted by Crippen LogP contribution is -2.42. The minimum atomic E-state index is -1.43. The van der Waals surface area contributed by atoms with E-state index < -0.39 is 53.8 Å². The molecular weight excluding hydrogens is 492 g/mol. The van der Waals surface area contributed by atoms with Crippen LogP contribution in [0.1, 0.15) is 74.1 Å². The summed E-state index contributed by atoms with van der Waals surface area (Å²) in [5, 5.41) is 31.0. The highest BCUT2D eigenvalue weighted by Gasteiger charge is 2.35. The van der Waals surface area contributed by atoms with Crippen molar-refractivity contribution >= 4 is 17.9 Å². The lowest BCUT2D eigenvalue weighted by Gasteiger charge is -2.32. The number of cyclic esters (lactones) is 1. The SMILES string of the molecule is CC[C@H](O)[C@@H](C)C(=O)OC[C@H](C)/C=C/C=C(\C)[C@H]1OC(=O)C[C@H](O)CC[C@@](C)(O)[C@@H](OC(C)=O)/C=C/[C@@H]1C. The van der Waals surface area contributed by atoms with E-state index in [1.807, 2.05) is 26.8 Å². The maximum Gasteiger partial charge on any atom is 0.311 e. The number of rotatable bonds is 9. The van der Waals surface area contributed by atoms with Crippen molar-refractivity contribution in [1.29, 1.82) is 0 Å². The quantitative estimate of drug-likeness (QED) is 0.174. The number of carbonyl (C=O) groups excluding carboxylic acids is 3. The molecule has 9 heteroatoms. The minimum Gasteiger partial charge on any atom is -0.465 e. The van der Waals surface area contributed by atoms with Gasteiger partial charge in [0, 0.05) is 18.8 Å². The third kappa shape index (κ3) is 11.5. The van der Waals surface area contributed by atoms with Gasteiger partial charge in [0.05, 0.1) is 31.2 Å². The van der Waals surface area contributed by atoms with Crippen LogP contribution in [0, 0.1) is 17.8 Å². The van der Waals surface area contributed by atoms with Crippen molar-refractivity contribution in [3.63, 3.8) is 0 Å². The average molecular weight is 539 g/mol. The molecule has 9 nitrogen and oxygen atoms in total. The van der Waals surface area contributed by atoms with Crippen LogP contribution in [0.4, 0.5) is 0 Å². The van der Waals surface area contributed by atoms with Gasteiger partial charge in [-0.25, -0.2) is 0 Å². The Labute approximate surface area is 226 Å². The lowest BCUT2D eigenvalue weighted by molar-refractivity contribution is -0.157. The predicted molar refractivity (Wildman–Crippen MR) is 143 cm³/mol.